The van der Waals surface area contributed by atoms with E-state index in [9.17, 15) is 0 Å². The van der Waals surface area contributed by atoms with Crippen molar-refractivity contribution in [3.05, 3.63) is 35.9 Å². The SMILES string of the molecule is CC.CCN(CC)c1cc(N2C3CCC2COC3)nc(-c2ccc(C)cc2)n1. The maximum Gasteiger partial charge on any atom is 0.163 e. The van der Waals surface area contributed by atoms with E-state index in [-0.39, 0.29) is 0 Å². The molecule has 2 bridgehead atoms. The second-order valence-electron chi connectivity index (χ2n) is 7.28. The molecule has 0 spiro atoms. The molecule has 2 unspecified atom stereocenters. The number of morpholine rings is 1. The van der Waals surface area contributed by atoms with Crippen LogP contribution in [-0.2, 0) is 4.74 Å². The lowest BCUT2D eigenvalue weighted by molar-refractivity contribution is 0.0902. The minimum atomic E-state index is 0.444. The number of aromatic nitrogens is 2. The molecule has 2 fully saturated rings. The lowest BCUT2D eigenvalue weighted by Gasteiger charge is -2.36. The molecule has 0 radical (unpaired) electrons. The van der Waals surface area contributed by atoms with Crippen LogP contribution in [0.4, 0.5) is 11.6 Å². The van der Waals surface area contributed by atoms with Crippen LogP contribution < -0.4 is 9.80 Å². The number of hydrogen-bond acceptors (Lipinski definition) is 5. The third-order valence-electron chi connectivity index (χ3n) is 5.60. The van der Waals surface area contributed by atoms with Gasteiger partial charge in [0.2, 0.25) is 0 Å². The van der Waals surface area contributed by atoms with E-state index < -0.39 is 0 Å². The summed E-state index contributed by atoms with van der Waals surface area (Å²) in [7, 11) is 0. The Hall–Kier alpha value is -2.14. The van der Waals surface area contributed by atoms with E-state index in [1.54, 1.807) is 0 Å². The van der Waals surface area contributed by atoms with Crippen LogP contribution in [-0.4, -0.2) is 48.4 Å². The zero-order valence-corrected chi connectivity index (χ0v) is 18.0. The predicted molar refractivity (Wildman–Crippen MR) is 117 cm³/mol. The zero-order valence-electron chi connectivity index (χ0n) is 18.0. The summed E-state index contributed by atoms with van der Waals surface area (Å²) in [5.74, 6) is 2.88. The molecule has 2 saturated heterocycles. The first-order valence-electron chi connectivity index (χ1n) is 10.8. The molecule has 1 aromatic heterocycles. The van der Waals surface area contributed by atoms with Gasteiger partial charge in [0.25, 0.3) is 0 Å². The summed E-state index contributed by atoms with van der Waals surface area (Å²) in [4.78, 5) is 14.7. The maximum absolute atomic E-state index is 5.76. The van der Waals surface area contributed by atoms with Crippen LogP contribution in [0.25, 0.3) is 11.4 Å². The molecule has 28 heavy (non-hydrogen) atoms. The topological polar surface area (TPSA) is 41.5 Å². The van der Waals surface area contributed by atoms with Gasteiger partial charge in [0.1, 0.15) is 11.6 Å². The van der Waals surface area contributed by atoms with Crippen LogP contribution in [0, 0.1) is 6.92 Å². The fourth-order valence-corrected chi connectivity index (χ4v) is 4.10. The maximum atomic E-state index is 5.76. The zero-order chi connectivity index (χ0) is 20.1. The molecule has 2 atom stereocenters. The average Bonchev–Trinajstić information content (AvgIpc) is 2.99. The number of rotatable bonds is 5. The van der Waals surface area contributed by atoms with Gasteiger partial charge >= 0.3 is 0 Å². The molecule has 2 aromatic rings. The molecule has 0 aliphatic carbocycles. The molecule has 2 aliphatic rings. The Bertz CT molecular complexity index is 742. The van der Waals surface area contributed by atoms with E-state index in [1.807, 2.05) is 13.8 Å². The van der Waals surface area contributed by atoms with Gasteiger partial charge in [0, 0.05) is 24.7 Å². The van der Waals surface area contributed by atoms with Crippen LogP contribution in [0.1, 0.15) is 46.1 Å². The number of aryl methyl sites for hydroxylation is 1. The van der Waals surface area contributed by atoms with E-state index in [2.05, 4.69) is 60.9 Å². The lowest BCUT2D eigenvalue weighted by Crippen LogP contribution is -2.46. The van der Waals surface area contributed by atoms with Crippen molar-refractivity contribution in [1.82, 2.24) is 9.97 Å². The summed E-state index contributed by atoms with van der Waals surface area (Å²) in [5, 5.41) is 0. The largest absolute Gasteiger partial charge is 0.377 e. The van der Waals surface area contributed by atoms with Gasteiger partial charge in [-0.2, -0.15) is 0 Å². The molecule has 3 heterocycles. The van der Waals surface area contributed by atoms with E-state index in [0.29, 0.717) is 12.1 Å². The Balaban J connectivity index is 0.00000109. The van der Waals surface area contributed by atoms with Gasteiger partial charge in [-0.25, -0.2) is 9.97 Å². The smallest absolute Gasteiger partial charge is 0.163 e. The van der Waals surface area contributed by atoms with E-state index >= 15 is 0 Å². The molecule has 5 heteroatoms. The van der Waals surface area contributed by atoms with Gasteiger partial charge in [-0.1, -0.05) is 43.7 Å². The summed E-state index contributed by atoms with van der Waals surface area (Å²) in [5.41, 5.74) is 2.33. The van der Waals surface area contributed by atoms with Crippen molar-refractivity contribution in [2.45, 2.75) is 59.5 Å². The number of ether oxygens (including phenoxy) is 1. The van der Waals surface area contributed by atoms with E-state index in [0.717, 1.165) is 49.3 Å². The highest BCUT2D eigenvalue weighted by molar-refractivity contribution is 5.63. The van der Waals surface area contributed by atoms with Crippen molar-refractivity contribution in [1.29, 1.82) is 0 Å². The lowest BCUT2D eigenvalue weighted by atomic mass is 10.1. The van der Waals surface area contributed by atoms with Crippen LogP contribution in [0.3, 0.4) is 0 Å². The summed E-state index contributed by atoms with van der Waals surface area (Å²) >= 11 is 0. The number of anilines is 2. The summed E-state index contributed by atoms with van der Waals surface area (Å²) in [6.07, 6.45) is 2.38. The fraction of sp³-hybridized carbons (Fsp3) is 0.565. The Morgan fingerprint density at radius 2 is 1.61 bits per heavy atom. The van der Waals surface area contributed by atoms with Crippen LogP contribution in [0.2, 0.25) is 0 Å². The summed E-state index contributed by atoms with van der Waals surface area (Å²) < 4.78 is 5.76. The van der Waals surface area contributed by atoms with Crippen molar-refractivity contribution in [2.75, 3.05) is 36.1 Å². The van der Waals surface area contributed by atoms with Gasteiger partial charge < -0.3 is 14.5 Å². The average molecular weight is 383 g/mol. The highest BCUT2D eigenvalue weighted by atomic mass is 16.5. The molecule has 0 amide bonds. The molecule has 0 saturated carbocycles. The molecule has 2 aliphatic heterocycles. The number of hydrogen-bond donors (Lipinski definition) is 0. The van der Waals surface area contributed by atoms with Crippen LogP contribution >= 0.6 is 0 Å². The second-order valence-corrected chi connectivity index (χ2v) is 7.28. The van der Waals surface area contributed by atoms with Gasteiger partial charge in [-0.3, -0.25) is 0 Å². The van der Waals surface area contributed by atoms with E-state index in [4.69, 9.17) is 14.7 Å². The summed E-state index contributed by atoms with van der Waals surface area (Å²) in [6.45, 7) is 14.0. The number of nitrogens with zero attached hydrogens (tertiary/aromatic N) is 4. The number of benzene rings is 1. The molecule has 152 valence electrons. The third-order valence-corrected chi connectivity index (χ3v) is 5.60. The predicted octanol–water partition coefficient (Wildman–Crippen LogP) is 4.69. The minimum Gasteiger partial charge on any atom is -0.377 e. The summed E-state index contributed by atoms with van der Waals surface area (Å²) in [6, 6.07) is 11.5. The Morgan fingerprint density at radius 3 is 2.18 bits per heavy atom. The van der Waals surface area contributed by atoms with Crippen molar-refractivity contribution in [2.24, 2.45) is 0 Å². The van der Waals surface area contributed by atoms with Gasteiger partial charge in [0.15, 0.2) is 5.82 Å². The van der Waals surface area contributed by atoms with Gasteiger partial charge in [-0.05, 0) is 33.6 Å². The van der Waals surface area contributed by atoms with Crippen molar-refractivity contribution < 1.29 is 4.74 Å². The number of fused-ring (bicyclic) bond motifs is 2. The van der Waals surface area contributed by atoms with Crippen molar-refractivity contribution >= 4 is 11.6 Å². The Morgan fingerprint density at radius 1 is 1.00 bits per heavy atom. The molecular weight excluding hydrogens is 348 g/mol. The van der Waals surface area contributed by atoms with E-state index in [1.165, 1.54) is 18.4 Å². The van der Waals surface area contributed by atoms with Crippen LogP contribution in [0.5, 0.6) is 0 Å². The quantitative estimate of drug-likeness (QED) is 0.750. The first-order chi connectivity index (χ1) is 13.7. The van der Waals surface area contributed by atoms with Crippen molar-refractivity contribution in [3.8, 4) is 11.4 Å². The molecule has 5 nitrogen and oxygen atoms in total. The van der Waals surface area contributed by atoms with Crippen molar-refractivity contribution in [3.63, 3.8) is 0 Å². The molecular formula is C23H34N4O. The normalized spacial score (nSPS) is 20.5. The van der Waals surface area contributed by atoms with Gasteiger partial charge in [-0.15, -0.1) is 0 Å². The monoisotopic (exact) mass is 382 g/mol. The highest BCUT2D eigenvalue weighted by Gasteiger charge is 2.38. The highest BCUT2D eigenvalue weighted by Crippen LogP contribution is 2.35. The Labute approximate surface area is 169 Å². The molecule has 4 rings (SSSR count). The van der Waals surface area contributed by atoms with Crippen LogP contribution in [0.15, 0.2) is 30.3 Å². The third kappa shape index (κ3) is 4.14. The first-order valence-corrected chi connectivity index (χ1v) is 10.8. The second kappa shape index (κ2) is 9.37. The minimum absolute atomic E-state index is 0.444. The molecule has 0 N–H and O–H groups in total. The fourth-order valence-electron chi connectivity index (χ4n) is 4.10. The van der Waals surface area contributed by atoms with Gasteiger partial charge in [0.05, 0.1) is 25.3 Å². The first kappa shape index (κ1) is 20.6. The Kier molecular flexibility index (Phi) is 6.89. The molecule has 1 aromatic carbocycles. The standard InChI is InChI=1S/C21H28N4O.C2H6/c1-4-24(5-2)19-12-20(25-17-10-11-18(25)14-26-13-17)23-21(22-19)16-8-6-15(3)7-9-16;1-2/h6-9,12,17-18H,4-5,10-11,13-14H2,1-3H3;1-2H3.